The lowest BCUT2D eigenvalue weighted by Gasteiger charge is -2.31. The summed E-state index contributed by atoms with van der Waals surface area (Å²) in [6, 6.07) is 8.72. The Labute approximate surface area is 152 Å². The van der Waals surface area contributed by atoms with Gasteiger partial charge in [0.1, 0.15) is 5.75 Å². The van der Waals surface area contributed by atoms with Crippen molar-refractivity contribution in [2.24, 2.45) is 5.92 Å². The number of nitrogens with one attached hydrogen (secondary N) is 1. The van der Waals surface area contributed by atoms with Gasteiger partial charge in [-0.1, -0.05) is 11.6 Å². The summed E-state index contributed by atoms with van der Waals surface area (Å²) in [5.41, 5.74) is 1.66. The second-order valence-electron chi connectivity index (χ2n) is 6.37. The van der Waals surface area contributed by atoms with Crippen LogP contribution in [0.4, 0.5) is 5.69 Å². The number of rotatable bonds is 5. The van der Waals surface area contributed by atoms with Crippen molar-refractivity contribution in [3.8, 4) is 5.75 Å². The molecule has 1 amide bonds. The van der Waals surface area contributed by atoms with Crippen LogP contribution < -0.4 is 5.32 Å². The fourth-order valence-corrected chi connectivity index (χ4v) is 3.27. The summed E-state index contributed by atoms with van der Waals surface area (Å²) >= 11 is 5.92. The van der Waals surface area contributed by atoms with Crippen LogP contribution in [0.2, 0.25) is 5.02 Å². The Kier molecular flexibility index (Phi) is 5.89. The molecule has 25 heavy (non-hydrogen) atoms. The zero-order valence-electron chi connectivity index (χ0n) is 14.0. The largest absolute Gasteiger partial charge is 0.506 e. The molecule has 2 heterocycles. The van der Waals surface area contributed by atoms with Gasteiger partial charge in [-0.15, -0.1) is 0 Å². The lowest BCUT2D eigenvalue weighted by Crippen LogP contribution is -2.39. The Hall–Kier alpha value is -2.11. The van der Waals surface area contributed by atoms with E-state index in [-0.39, 0.29) is 17.6 Å². The molecule has 0 bridgehead atoms. The number of anilines is 1. The Morgan fingerprint density at radius 1 is 1.24 bits per heavy atom. The number of hydrogen-bond donors (Lipinski definition) is 2. The molecule has 2 N–H and O–H groups in total. The fraction of sp³-hybridized carbons (Fsp3) is 0.368. The molecule has 1 aromatic heterocycles. The first-order chi connectivity index (χ1) is 12.1. The maximum Gasteiger partial charge on any atom is 0.227 e. The van der Waals surface area contributed by atoms with Gasteiger partial charge in [0.15, 0.2) is 0 Å². The van der Waals surface area contributed by atoms with Gasteiger partial charge in [-0.25, -0.2) is 0 Å². The van der Waals surface area contributed by atoms with E-state index in [2.05, 4.69) is 15.2 Å². The van der Waals surface area contributed by atoms with E-state index in [1.807, 2.05) is 24.5 Å². The minimum absolute atomic E-state index is 0.0319. The van der Waals surface area contributed by atoms with Crippen molar-refractivity contribution in [1.29, 1.82) is 0 Å². The van der Waals surface area contributed by atoms with Crippen LogP contribution in [0, 0.1) is 5.92 Å². The molecular weight excluding hydrogens is 338 g/mol. The van der Waals surface area contributed by atoms with E-state index >= 15 is 0 Å². The van der Waals surface area contributed by atoms with Crippen LogP contribution in [0.5, 0.6) is 5.75 Å². The lowest BCUT2D eigenvalue weighted by atomic mass is 9.95. The number of nitrogens with zero attached hydrogens (tertiary/aromatic N) is 2. The molecule has 2 aromatic rings. The molecule has 1 aromatic carbocycles. The molecule has 6 heteroatoms. The number of likely N-dealkylation sites (tertiary alicyclic amines) is 1. The van der Waals surface area contributed by atoms with Gasteiger partial charge < -0.3 is 15.3 Å². The van der Waals surface area contributed by atoms with Gasteiger partial charge in [-0.3, -0.25) is 9.78 Å². The number of aromatic nitrogens is 1. The van der Waals surface area contributed by atoms with Gasteiger partial charge in [0.25, 0.3) is 0 Å². The van der Waals surface area contributed by atoms with E-state index in [9.17, 15) is 9.90 Å². The van der Waals surface area contributed by atoms with E-state index < -0.39 is 0 Å². The highest BCUT2D eigenvalue weighted by Gasteiger charge is 2.25. The summed E-state index contributed by atoms with van der Waals surface area (Å²) in [6.07, 6.45) is 6.27. The molecule has 1 aliphatic heterocycles. The zero-order valence-corrected chi connectivity index (χ0v) is 14.7. The second kappa shape index (κ2) is 8.32. The Morgan fingerprint density at radius 3 is 2.68 bits per heavy atom. The molecule has 132 valence electrons. The number of pyridine rings is 1. The van der Waals surface area contributed by atoms with E-state index in [0.717, 1.165) is 38.9 Å². The fourth-order valence-electron chi connectivity index (χ4n) is 3.10. The number of halogens is 1. The quantitative estimate of drug-likeness (QED) is 0.804. The van der Waals surface area contributed by atoms with Crippen molar-refractivity contribution in [3.63, 3.8) is 0 Å². The maximum absolute atomic E-state index is 12.4. The minimum Gasteiger partial charge on any atom is -0.506 e. The number of piperidine rings is 1. The predicted molar refractivity (Wildman–Crippen MR) is 98.9 cm³/mol. The van der Waals surface area contributed by atoms with Gasteiger partial charge in [-0.05, 0) is 68.2 Å². The first kappa shape index (κ1) is 17.7. The van der Waals surface area contributed by atoms with Crippen LogP contribution >= 0.6 is 11.6 Å². The van der Waals surface area contributed by atoms with E-state index in [1.54, 1.807) is 12.1 Å². The third-order valence-electron chi connectivity index (χ3n) is 4.64. The van der Waals surface area contributed by atoms with Crippen molar-refractivity contribution in [2.75, 3.05) is 25.0 Å². The standard InChI is InChI=1S/C19H22ClN3O2/c20-16-1-2-18(24)17(13-16)22-19(25)15-6-11-23(12-7-15)10-5-14-3-8-21-9-4-14/h1-4,8-9,13,15,24H,5-7,10-12H2,(H,22,25). The molecule has 1 aliphatic rings. The molecule has 0 atom stereocenters. The van der Waals surface area contributed by atoms with E-state index in [4.69, 9.17) is 11.6 Å². The van der Waals surface area contributed by atoms with Gasteiger partial charge in [0.2, 0.25) is 5.91 Å². The molecule has 0 spiro atoms. The van der Waals surface area contributed by atoms with Crippen molar-refractivity contribution in [3.05, 3.63) is 53.3 Å². The Bertz CT molecular complexity index is 716. The van der Waals surface area contributed by atoms with Crippen LogP contribution in [0.1, 0.15) is 18.4 Å². The highest BCUT2D eigenvalue weighted by molar-refractivity contribution is 6.31. The Balaban J connectivity index is 1.47. The molecule has 3 rings (SSSR count). The maximum atomic E-state index is 12.4. The molecule has 0 unspecified atom stereocenters. The van der Waals surface area contributed by atoms with Crippen LogP contribution in [0.15, 0.2) is 42.7 Å². The van der Waals surface area contributed by atoms with Crippen LogP contribution in [-0.4, -0.2) is 40.5 Å². The summed E-state index contributed by atoms with van der Waals surface area (Å²) < 4.78 is 0. The molecular formula is C19H22ClN3O2. The number of phenols is 1. The number of hydrogen-bond acceptors (Lipinski definition) is 4. The van der Waals surface area contributed by atoms with Gasteiger partial charge in [-0.2, -0.15) is 0 Å². The third kappa shape index (κ3) is 4.94. The summed E-state index contributed by atoms with van der Waals surface area (Å²) in [5, 5.41) is 13.1. The van der Waals surface area contributed by atoms with Crippen LogP contribution in [0.25, 0.3) is 0 Å². The summed E-state index contributed by atoms with van der Waals surface area (Å²) in [7, 11) is 0. The lowest BCUT2D eigenvalue weighted by molar-refractivity contribution is -0.121. The predicted octanol–water partition coefficient (Wildman–Crippen LogP) is 3.33. The summed E-state index contributed by atoms with van der Waals surface area (Å²) in [5.74, 6) is -0.0468. The van der Waals surface area contributed by atoms with Crippen molar-refractivity contribution in [1.82, 2.24) is 9.88 Å². The minimum atomic E-state index is -0.0497. The topological polar surface area (TPSA) is 65.5 Å². The molecule has 0 radical (unpaired) electrons. The van der Waals surface area contributed by atoms with Gasteiger partial charge in [0.05, 0.1) is 5.69 Å². The molecule has 1 fully saturated rings. The third-order valence-corrected chi connectivity index (χ3v) is 4.88. The average molecular weight is 360 g/mol. The van der Waals surface area contributed by atoms with Gasteiger partial charge >= 0.3 is 0 Å². The van der Waals surface area contributed by atoms with Crippen molar-refractivity contribution in [2.45, 2.75) is 19.3 Å². The molecule has 0 aliphatic carbocycles. The summed E-state index contributed by atoms with van der Waals surface area (Å²) in [4.78, 5) is 18.8. The molecule has 1 saturated heterocycles. The highest BCUT2D eigenvalue weighted by Crippen LogP contribution is 2.28. The zero-order chi connectivity index (χ0) is 17.6. The van der Waals surface area contributed by atoms with Crippen molar-refractivity contribution < 1.29 is 9.90 Å². The average Bonchev–Trinajstić information content (AvgIpc) is 2.64. The first-order valence-corrected chi connectivity index (χ1v) is 8.90. The highest BCUT2D eigenvalue weighted by atomic mass is 35.5. The Morgan fingerprint density at radius 2 is 1.96 bits per heavy atom. The smallest absolute Gasteiger partial charge is 0.227 e. The van der Waals surface area contributed by atoms with Gasteiger partial charge in [0, 0.05) is 29.9 Å². The first-order valence-electron chi connectivity index (χ1n) is 8.52. The monoisotopic (exact) mass is 359 g/mol. The van der Waals surface area contributed by atoms with E-state index in [1.165, 1.54) is 11.6 Å². The number of carbonyl (C=O) groups is 1. The number of phenolic OH excluding ortho intramolecular Hbond substituents is 1. The molecule has 0 saturated carbocycles. The number of amides is 1. The summed E-state index contributed by atoms with van der Waals surface area (Å²) in [6.45, 7) is 2.81. The number of aromatic hydroxyl groups is 1. The van der Waals surface area contributed by atoms with Crippen LogP contribution in [0.3, 0.4) is 0 Å². The second-order valence-corrected chi connectivity index (χ2v) is 6.81. The number of benzene rings is 1. The SMILES string of the molecule is O=C(Nc1cc(Cl)ccc1O)C1CCN(CCc2ccncc2)CC1. The van der Waals surface area contributed by atoms with Crippen molar-refractivity contribution >= 4 is 23.2 Å². The normalized spacial score (nSPS) is 15.9. The number of carbonyl (C=O) groups excluding carboxylic acids is 1. The van der Waals surface area contributed by atoms with Crippen LogP contribution in [-0.2, 0) is 11.2 Å². The van der Waals surface area contributed by atoms with E-state index in [0.29, 0.717) is 10.7 Å². The molecule has 5 nitrogen and oxygen atoms in total.